The number of aliphatic hydroxyl groups is 2. The van der Waals surface area contributed by atoms with Crippen molar-refractivity contribution >= 4 is 12.1 Å². The van der Waals surface area contributed by atoms with Crippen molar-refractivity contribution in [3.05, 3.63) is 60.7 Å². The monoisotopic (exact) mass is 402 g/mol. The van der Waals surface area contributed by atoms with E-state index in [4.69, 9.17) is 18.9 Å². The van der Waals surface area contributed by atoms with Gasteiger partial charge in [-0.15, -0.1) is 0 Å². The highest BCUT2D eigenvalue weighted by Gasteiger charge is 2.57. The Labute approximate surface area is 167 Å². The van der Waals surface area contributed by atoms with Gasteiger partial charge in [-0.25, -0.2) is 9.59 Å². The van der Waals surface area contributed by atoms with E-state index in [1.807, 2.05) is 0 Å². The Kier molecular flexibility index (Phi) is 6.17. The fraction of sp³-hybridized carbons (Fsp3) is 0.333. The lowest BCUT2D eigenvalue weighted by Crippen LogP contribution is -2.67. The van der Waals surface area contributed by atoms with E-state index >= 15 is 0 Å². The Morgan fingerprint density at radius 3 is 2.03 bits per heavy atom. The van der Waals surface area contributed by atoms with Crippen molar-refractivity contribution in [1.82, 2.24) is 0 Å². The Morgan fingerprint density at radius 1 is 0.966 bits per heavy atom. The second-order valence-corrected chi connectivity index (χ2v) is 6.88. The summed E-state index contributed by atoms with van der Waals surface area (Å²) in [6, 6.07) is 16.4. The largest absolute Gasteiger partial charge is 0.514 e. The van der Waals surface area contributed by atoms with Gasteiger partial charge in [0.1, 0.15) is 23.2 Å². The van der Waals surface area contributed by atoms with Gasteiger partial charge in [-0.2, -0.15) is 0 Å². The molecule has 2 aromatic carbocycles. The number of carbonyl (C=O) groups excluding carboxylic acids is 2. The van der Waals surface area contributed by atoms with Crippen LogP contribution in [0.25, 0.3) is 0 Å². The molecule has 2 N–H and O–H groups in total. The molecule has 0 saturated carbocycles. The van der Waals surface area contributed by atoms with Gasteiger partial charge in [-0.3, -0.25) is 0 Å². The maximum Gasteiger partial charge on any atom is 0.514 e. The smallest absolute Gasteiger partial charge is 0.425 e. The molecule has 1 heterocycles. The lowest BCUT2D eigenvalue weighted by molar-refractivity contribution is -0.259. The molecule has 1 aliphatic rings. The third kappa shape index (κ3) is 4.73. The molecule has 2 aromatic rings. The third-order valence-corrected chi connectivity index (χ3v) is 4.59. The number of para-hydroxylation sites is 2. The Balaban J connectivity index is 1.75. The van der Waals surface area contributed by atoms with Crippen LogP contribution in [0.3, 0.4) is 0 Å². The van der Waals surface area contributed by atoms with Gasteiger partial charge in [-0.05, 0) is 38.1 Å². The molecular formula is C21H22O8. The van der Waals surface area contributed by atoms with Gasteiger partial charge in [0, 0.05) is 0 Å². The SMILES string of the molecule is C[C@@H]1OC(C(=O)Oc2ccccc2)[C@@](C)(O)[C@H](OC(=O)Oc2ccccc2)C1O. The Bertz CT molecular complexity index is 836. The number of carbonyl (C=O) groups is 2. The summed E-state index contributed by atoms with van der Waals surface area (Å²) < 4.78 is 20.9. The normalized spacial score (nSPS) is 29.0. The zero-order chi connectivity index (χ0) is 21.0. The number of hydrogen-bond acceptors (Lipinski definition) is 8. The molecule has 2 unspecified atom stereocenters. The molecule has 0 aliphatic carbocycles. The molecule has 3 rings (SSSR count). The summed E-state index contributed by atoms with van der Waals surface area (Å²) >= 11 is 0. The maximum atomic E-state index is 12.6. The standard InChI is InChI=1S/C21H22O8/c1-13-16(22)17(29-20(24)28-15-11-7-4-8-12-15)21(2,25)18(26-13)19(23)27-14-9-5-3-6-10-14/h3-13,16-18,22,25H,1-2H3/t13-,16?,17+,18?,21-/m0/s1. The van der Waals surface area contributed by atoms with Gasteiger partial charge in [0.2, 0.25) is 0 Å². The van der Waals surface area contributed by atoms with Crippen LogP contribution in [-0.2, 0) is 14.3 Å². The second-order valence-electron chi connectivity index (χ2n) is 6.88. The van der Waals surface area contributed by atoms with Crippen molar-refractivity contribution in [3.63, 3.8) is 0 Å². The summed E-state index contributed by atoms with van der Waals surface area (Å²) in [4.78, 5) is 24.8. The van der Waals surface area contributed by atoms with E-state index in [1.165, 1.54) is 13.8 Å². The van der Waals surface area contributed by atoms with E-state index in [2.05, 4.69) is 0 Å². The topological polar surface area (TPSA) is 112 Å². The molecule has 154 valence electrons. The zero-order valence-corrected chi connectivity index (χ0v) is 15.9. The highest BCUT2D eigenvalue weighted by atomic mass is 16.7. The summed E-state index contributed by atoms with van der Waals surface area (Å²) in [5, 5.41) is 21.3. The van der Waals surface area contributed by atoms with Gasteiger partial charge in [0.15, 0.2) is 12.2 Å². The summed E-state index contributed by atoms with van der Waals surface area (Å²) in [5.41, 5.74) is -2.08. The average molecular weight is 402 g/mol. The molecule has 8 heteroatoms. The summed E-state index contributed by atoms with van der Waals surface area (Å²) in [6.07, 6.45) is -6.44. The molecule has 0 bridgehead atoms. The summed E-state index contributed by atoms with van der Waals surface area (Å²) in [5.74, 6) is -0.395. The molecular weight excluding hydrogens is 380 g/mol. The average Bonchev–Trinajstić information content (AvgIpc) is 2.69. The van der Waals surface area contributed by atoms with Crippen LogP contribution >= 0.6 is 0 Å². The van der Waals surface area contributed by atoms with Crippen molar-refractivity contribution in [3.8, 4) is 11.5 Å². The molecule has 1 aliphatic heterocycles. The molecule has 8 nitrogen and oxygen atoms in total. The van der Waals surface area contributed by atoms with Crippen LogP contribution in [0.2, 0.25) is 0 Å². The number of hydrogen-bond donors (Lipinski definition) is 2. The van der Waals surface area contributed by atoms with Gasteiger partial charge < -0.3 is 29.2 Å². The minimum atomic E-state index is -2.08. The Hall–Kier alpha value is -2.94. The first-order valence-corrected chi connectivity index (χ1v) is 9.05. The molecule has 5 atom stereocenters. The lowest BCUT2D eigenvalue weighted by atomic mass is 9.84. The maximum absolute atomic E-state index is 12.6. The van der Waals surface area contributed by atoms with Crippen LogP contribution in [0.15, 0.2) is 60.7 Å². The Morgan fingerprint density at radius 2 is 1.48 bits per heavy atom. The third-order valence-electron chi connectivity index (χ3n) is 4.59. The van der Waals surface area contributed by atoms with Gasteiger partial charge in [0.05, 0.1) is 6.10 Å². The first-order valence-electron chi connectivity index (χ1n) is 9.05. The van der Waals surface area contributed by atoms with E-state index < -0.39 is 42.1 Å². The van der Waals surface area contributed by atoms with Crippen LogP contribution in [0.4, 0.5) is 4.79 Å². The van der Waals surface area contributed by atoms with Crippen molar-refractivity contribution < 1.29 is 38.7 Å². The summed E-state index contributed by atoms with van der Waals surface area (Å²) in [6.45, 7) is 2.71. The fourth-order valence-corrected chi connectivity index (χ4v) is 3.03. The van der Waals surface area contributed by atoms with Crippen LogP contribution < -0.4 is 9.47 Å². The van der Waals surface area contributed by atoms with Crippen molar-refractivity contribution in [1.29, 1.82) is 0 Å². The fourth-order valence-electron chi connectivity index (χ4n) is 3.03. The molecule has 0 radical (unpaired) electrons. The number of esters is 1. The van der Waals surface area contributed by atoms with Crippen LogP contribution in [0, 0.1) is 0 Å². The minimum Gasteiger partial charge on any atom is -0.425 e. The zero-order valence-electron chi connectivity index (χ0n) is 15.9. The van der Waals surface area contributed by atoms with E-state index in [9.17, 15) is 19.8 Å². The van der Waals surface area contributed by atoms with Crippen molar-refractivity contribution in [2.45, 2.75) is 43.9 Å². The number of aliphatic hydroxyl groups excluding tert-OH is 1. The van der Waals surface area contributed by atoms with Gasteiger partial charge >= 0.3 is 12.1 Å². The molecule has 1 saturated heterocycles. The van der Waals surface area contributed by atoms with Crippen molar-refractivity contribution in [2.24, 2.45) is 0 Å². The lowest BCUT2D eigenvalue weighted by Gasteiger charge is -2.45. The van der Waals surface area contributed by atoms with Crippen LogP contribution in [-0.4, -0.2) is 52.4 Å². The van der Waals surface area contributed by atoms with Crippen molar-refractivity contribution in [2.75, 3.05) is 0 Å². The number of rotatable bonds is 4. The predicted molar refractivity (Wildman–Crippen MR) is 100 cm³/mol. The van der Waals surface area contributed by atoms with E-state index in [0.29, 0.717) is 0 Å². The highest BCUT2D eigenvalue weighted by Crippen LogP contribution is 2.33. The predicted octanol–water partition coefficient (Wildman–Crippen LogP) is 2.08. The van der Waals surface area contributed by atoms with E-state index in [0.717, 1.165) is 0 Å². The minimum absolute atomic E-state index is 0.228. The molecule has 0 amide bonds. The van der Waals surface area contributed by atoms with Crippen LogP contribution in [0.5, 0.6) is 11.5 Å². The van der Waals surface area contributed by atoms with Gasteiger partial charge in [0.25, 0.3) is 0 Å². The number of benzene rings is 2. The van der Waals surface area contributed by atoms with Crippen LogP contribution in [0.1, 0.15) is 13.8 Å². The highest BCUT2D eigenvalue weighted by molar-refractivity contribution is 5.79. The van der Waals surface area contributed by atoms with Gasteiger partial charge in [-0.1, -0.05) is 36.4 Å². The van der Waals surface area contributed by atoms with E-state index in [1.54, 1.807) is 60.7 Å². The first-order chi connectivity index (χ1) is 13.8. The molecule has 29 heavy (non-hydrogen) atoms. The molecule has 0 aromatic heterocycles. The number of ether oxygens (including phenoxy) is 4. The molecule has 0 spiro atoms. The molecule has 1 fully saturated rings. The van der Waals surface area contributed by atoms with E-state index in [-0.39, 0.29) is 11.5 Å². The first kappa shape index (κ1) is 20.8. The quantitative estimate of drug-likeness (QED) is 0.454. The summed E-state index contributed by atoms with van der Waals surface area (Å²) in [7, 11) is 0. The second kappa shape index (κ2) is 8.60.